The van der Waals surface area contributed by atoms with Gasteiger partial charge in [-0.25, -0.2) is 4.39 Å². The van der Waals surface area contributed by atoms with Crippen LogP contribution in [-0.4, -0.2) is 49.5 Å². The molecule has 2 aliphatic heterocycles. The van der Waals surface area contributed by atoms with E-state index in [-0.39, 0.29) is 17.4 Å². The van der Waals surface area contributed by atoms with E-state index < -0.39 is 4.92 Å². The van der Waals surface area contributed by atoms with Crippen LogP contribution < -0.4 is 10.6 Å². The Morgan fingerprint density at radius 1 is 1.32 bits per heavy atom. The first-order chi connectivity index (χ1) is 13.5. The predicted octanol–water partition coefficient (Wildman–Crippen LogP) is 2.83. The van der Waals surface area contributed by atoms with E-state index in [0.29, 0.717) is 12.1 Å². The van der Waals surface area contributed by atoms with Crippen molar-refractivity contribution in [3.05, 3.63) is 57.9 Å². The molecule has 2 fully saturated rings. The van der Waals surface area contributed by atoms with Crippen LogP contribution in [0.25, 0.3) is 0 Å². The standard InChI is InChI=1S/C13H13FN2O2.C7H12N2O/c1-15-12-8-10(4-7-13(12)16(17)18)9-2-5-11(14)6-3-9;10-5-9-3-6-1-8-2-7(6)4-9/h2,4-9,15H,3H2,1H3;5-8H,1-4H2. The maximum absolute atomic E-state index is 12.9. The summed E-state index contributed by atoms with van der Waals surface area (Å²) in [4.78, 5) is 22.6. The highest BCUT2D eigenvalue weighted by Gasteiger charge is 2.35. The molecule has 3 aliphatic rings. The second-order valence-corrected chi connectivity index (χ2v) is 7.31. The Morgan fingerprint density at radius 3 is 2.57 bits per heavy atom. The van der Waals surface area contributed by atoms with Crippen molar-refractivity contribution in [2.75, 3.05) is 38.5 Å². The lowest BCUT2D eigenvalue weighted by Crippen LogP contribution is -2.24. The second kappa shape index (κ2) is 8.97. The number of likely N-dealkylation sites (tertiary alicyclic amines) is 1. The zero-order chi connectivity index (χ0) is 20.1. The third kappa shape index (κ3) is 4.56. The van der Waals surface area contributed by atoms with Crippen molar-refractivity contribution in [3.63, 3.8) is 0 Å². The van der Waals surface area contributed by atoms with Gasteiger partial charge in [0.1, 0.15) is 11.5 Å². The summed E-state index contributed by atoms with van der Waals surface area (Å²) in [5.41, 5.74) is 1.45. The number of nitro groups is 1. The van der Waals surface area contributed by atoms with Gasteiger partial charge in [0, 0.05) is 45.2 Å². The summed E-state index contributed by atoms with van der Waals surface area (Å²) in [6.07, 6.45) is 6.26. The molecule has 0 bridgehead atoms. The molecule has 28 heavy (non-hydrogen) atoms. The van der Waals surface area contributed by atoms with Crippen molar-refractivity contribution in [2.45, 2.75) is 12.3 Å². The molecule has 150 valence electrons. The molecule has 2 heterocycles. The van der Waals surface area contributed by atoms with Crippen LogP contribution >= 0.6 is 0 Å². The molecule has 4 rings (SSSR count). The fourth-order valence-corrected chi connectivity index (χ4v) is 3.96. The zero-order valence-corrected chi connectivity index (χ0v) is 15.8. The highest BCUT2D eigenvalue weighted by Crippen LogP contribution is 2.32. The molecule has 0 aromatic heterocycles. The number of nitrogens with one attached hydrogen (secondary N) is 2. The minimum atomic E-state index is -0.425. The number of rotatable bonds is 4. The minimum absolute atomic E-state index is 0.0442. The van der Waals surface area contributed by atoms with Gasteiger partial charge in [0.2, 0.25) is 6.41 Å². The molecule has 8 heteroatoms. The van der Waals surface area contributed by atoms with Gasteiger partial charge in [0.05, 0.1) is 4.92 Å². The molecule has 0 radical (unpaired) electrons. The molecule has 3 atom stereocenters. The molecule has 2 saturated heterocycles. The van der Waals surface area contributed by atoms with Crippen molar-refractivity contribution in [3.8, 4) is 0 Å². The highest BCUT2D eigenvalue weighted by atomic mass is 19.1. The van der Waals surface area contributed by atoms with E-state index in [1.54, 1.807) is 25.3 Å². The van der Waals surface area contributed by atoms with Gasteiger partial charge in [-0.05, 0) is 42.0 Å². The first kappa shape index (κ1) is 20.0. The molecular formula is C20H25FN4O3. The SMILES string of the molecule is CNc1cc(C2C=CC(F)=CC2)ccc1[N+](=O)[O-].O=CN1CC2CNCC2C1. The fourth-order valence-electron chi connectivity index (χ4n) is 3.96. The zero-order valence-electron chi connectivity index (χ0n) is 15.8. The average molecular weight is 388 g/mol. The van der Waals surface area contributed by atoms with Crippen LogP contribution in [0.3, 0.4) is 0 Å². The third-order valence-electron chi connectivity index (χ3n) is 5.54. The Morgan fingerprint density at radius 2 is 2.04 bits per heavy atom. The van der Waals surface area contributed by atoms with E-state index in [2.05, 4.69) is 10.6 Å². The molecule has 1 aromatic carbocycles. The van der Waals surface area contributed by atoms with Crippen LogP contribution in [0.5, 0.6) is 0 Å². The summed E-state index contributed by atoms with van der Waals surface area (Å²) in [6, 6.07) is 4.93. The van der Waals surface area contributed by atoms with Gasteiger partial charge in [0.25, 0.3) is 5.69 Å². The van der Waals surface area contributed by atoms with E-state index in [4.69, 9.17) is 0 Å². The molecule has 0 saturated carbocycles. The topological polar surface area (TPSA) is 87.5 Å². The Kier molecular flexibility index (Phi) is 6.41. The maximum Gasteiger partial charge on any atom is 0.292 e. The molecule has 0 spiro atoms. The van der Waals surface area contributed by atoms with Gasteiger partial charge in [0.15, 0.2) is 0 Å². The Labute approximate surface area is 163 Å². The van der Waals surface area contributed by atoms with Crippen molar-refractivity contribution < 1.29 is 14.1 Å². The molecule has 1 aliphatic carbocycles. The number of nitrogens with zero attached hydrogens (tertiary/aromatic N) is 2. The smallest absolute Gasteiger partial charge is 0.292 e. The van der Waals surface area contributed by atoms with Gasteiger partial charge < -0.3 is 15.5 Å². The minimum Gasteiger partial charge on any atom is -0.383 e. The van der Waals surface area contributed by atoms with Gasteiger partial charge in [-0.1, -0.05) is 12.1 Å². The fraction of sp³-hybridized carbons (Fsp3) is 0.450. The van der Waals surface area contributed by atoms with Crippen LogP contribution in [0.4, 0.5) is 15.8 Å². The Hall–Kier alpha value is -2.74. The van der Waals surface area contributed by atoms with E-state index in [1.807, 2.05) is 4.90 Å². The third-order valence-corrected chi connectivity index (χ3v) is 5.54. The molecule has 7 nitrogen and oxygen atoms in total. The number of halogens is 1. The van der Waals surface area contributed by atoms with Crippen molar-refractivity contribution in [1.29, 1.82) is 0 Å². The Bertz CT molecular complexity index is 784. The van der Waals surface area contributed by atoms with Gasteiger partial charge in [-0.2, -0.15) is 0 Å². The number of hydrogen-bond donors (Lipinski definition) is 2. The van der Waals surface area contributed by atoms with Crippen LogP contribution in [0.2, 0.25) is 0 Å². The Balaban J connectivity index is 0.000000188. The number of allylic oxidation sites excluding steroid dienone is 4. The van der Waals surface area contributed by atoms with Crippen LogP contribution in [-0.2, 0) is 4.79 Å². The predicted molar refractivity (Wildman–Crippen MR) is 106 cm³/mol. The summed E-state index contributed by atoms with van der Waals surface area (Å²) in [5, 5.41) is 16.9. The monoisotopic (exact) mass is 388 g/mol. The quantitative estimate of drug-likeness (QED) is 0.470. The number of carbonyl (C=O) groups excluding carboxylic acids is 1. The highest BCUT2D eigenvalue weighted by molar-refractivity contribution is 5.63. The summed E-state index contributed by atoms with van der Waals surface area (Å²) in [5.74, 6) is 1.31. The molecule has 3 unspecified atom stereocenters. The van der Waals surface area contributed by atoms with Gasteiger partial charge in [-0.15, -0.1) is 0 Å². The van der Waals surface area contributed by atoms with E-state index >= 15 is 0 Å². The average Bonchev–Trinajstić information content (AvgIpc) is 3.30. The normalized spacial score (nSPS) is 25.4. The van der Waals surface area contributed by atoms with Gasteiger partial charge >= 0.3 is 0 Å². The number of carbonyl (C=O) groups is 1. The summed E-state index contributed by atoms with van der Waals surface area (Å²) < 4.78 is 12.9. The number of nitro benzene ring substituents is 1. The van der Waals surface area contributed by atoms with E-state index in [9.17, 15) is 19.3 Å². The molecule has 2 N–H and O–H groups in total. The number of anilines is 1. The number of amides is 1. The van der Waals surface area contributed by atoms with Crippen LogP contribution in [0.1, 0.15) is 17.9 Å². The summed E-state index contributed by atoms with van der Waals surface area (Å²) >= 11 is 0. The first-order valence-electron chi connectivity index (χ1n) is 9.41. The molecule has 1 aromatic rings. The van der Waals surface area contributed by atoms with Crippen molar-refractivity contribution in [1.82, 2.24) is 10.2 Å². The largest absolute Gasteiger partial charge is 0.383 e. The van der Waals surface area contributed by atoms with E-state index in [0.717, 1.165) is 50.0 Å². The van der Waals surface area contributed by atoms with Crippen molar-refractivity contribution in [2.24, 2.45) is 11.8 Å². The molecular weight excluding hydrogens is 363 g/mol. The summed E-state index contributed by atoms with van der Waals surface area (Å²) in [6.45, 7) is 4.16. The lowest BCUT2D eigenvalue weighted by Gasteiger charge is -2.15. The maximum atomic E-state index is 12.9. The second-order valence-electron chi connectivity index (χ2n) is 7.31. The number of benzene rings is 1. The lowest BCUT2D eigenvalue weighted by atomic mass is 9.92. The van der Waals surface area contributed by atoms with Gasteiger partial charge in [-0.3, -0.25) is 14.9 Å². The van der Waals surface area contributed by atoms with E-state index in [1.165, 1.54) is 18.2 Å². The summed E-state index contributed by atoms with van der Waals surface area (Å²) in [7, 11) is 1.64. The van der Waals surface area contributed by atoms with Crippen LogP contribution in [0, 0.1) is 22.0 Å². The van der Waals surface area contributed by atoms with Crippen molar-refractivity contribution >= 4 is 17.8 Å². The molecule has 1 amide bonds. The van der Waals surface area contributed by atoms with Crippen LogP contribution in [0.15, 0.2) is 42.3 Å². The number of hydrogen-bond acceptors (Lipinski definition) is 5. The lowest BCUT2D eigenvalue weighted by molar-refractivity contribution is -0.384. The first-order valence-corrected chi connectivity index (χ1v) is 9.41. The number of fused-ring (bicyclic) bond motifs is 1.